The summed E-state index contributed by atoms with van der Waals surface area (Å²) < 4.78 is 5.38. The van der Waals surface area contributed by atoms with Crippen LogP contribution in [0.4, 0.5) is 0 Å². The quantitative estimate of drug-likeness (QED) is 0.850. The molecule has 1 aromatic carbocycles. The second-order valence-electron chi connectivity index (χ2n) is 5.08. The van der Waals surface area contributed by atoms with Crippen LogP contribution in [0.5, 0.6) is 0 Å². The summed E-state index contributed by atoms with van der Waals surface area (Å²) in [6.07, 6.45) is 0. The minimum Gasteiger partial charge on any atom is -0.372 e. The number of rotatable bonds is 1. The summed E-state index contributed by atoms with van der Waals surface area (Å²) in [5, 5.41) is 3.35. The highest BCUT2D eigenvalue weighted by molar-refractivity contribution is 5.94. The monoisotopic (exact) mass is 282 g/mol. The van der Waals surface area contributed by atoms with Gasteiger partial charge in [-0.2, -0.15) is 0 Å². The average Bonchev–Trinajstić information content (AvgIpc) is 2.85. The molecule has 2 heterocycles. The molecule has 0 spiro atoms. The highest BCUT2D eigenvalue weighted by atomic mass is 35.5. The Labute approximate surface area is 119 Å². The summed E-state index contributed by atoms with van der Waals surface area (Å²) in [4.78, 5) is 14.3. The van der Waals surface area contributed by atoms with E-state index >= 15 is 0 Å². The Morgan fingerprint density at radius 3 is 2.95 bits per heavy atom. The number of ether oxygens (including phenoxy) is 1. The van der Waals surface area contributed by atoms with Gasteiger partial charge in [-0.3, -0.25) is 4.79 Å². The van der Waals surface area contributed by atoms with Crippen molar-refractivity contribution in [3.63, 3.8) is 0 Å². The Morgan fingerprint density at radius 1 is 1.37 bits per heavy atom. The van der Waals surface area contributed by atoms with Crippen molar-refractivity contribution in [3.05, 3.63) is 34.9 Å². The zero-order valence-corrected chi connectivity index (χ0v) is 11.8. The predicted molar refractivity (Wildman–Crippen MR) is 75.6 cm³/mol. The van der Waals surface area contributed by atoms with Gasteiger partial charge in [-0.25, -0.2) is 0 Å². The molecule has 1 N–H and O–H groups in total. The van der Waals surface area contributed by atoms with Crippen LogP contribution >= 0.6 is 12.4 Å². The van der Waals surface area contributed by atoms with Gasteiger partial charge < -0.3 is 15.0 Å². The molecule has 104 valence electrons. The summed E-state index contributed by atoms with van der Waals surface area (Å²) in [7, 11) is 0. The SMILES string of the molecule is C[C@H]1CN(C(=O)c2ccc3c(c2)COC3)CCN1.Cl. The van der Waals surface area contributed by atoms with E-state index in [1.165, 1.54) is 5.56 Å². The number of piperazine rings is 1. The zero-order chi connectivity index (χ0) is 12.5. The second-order valence-corrected chi connectivity index (χ2v) is 5.08. The van der Waals surface area contributed by atoms with Crippen LogP contribution in [0.25, 0.3) is 0 Å². The number of halogens is 1. The van der Waals surface area contributed by atoms with Crippen LogP contribution in [-0.2, 0) is 18.0 Å². The lowest BCUT2D eigenvalue weighted by atomic mass is 10.0. The molecule has 5 heteroatoms. The van der Waals surface area contributed by atoms with Crippen molar-refractivity contribution >= 4 is 18.3 Å². The number of benzene rings is 1. The maximum atomic E-state index is 12.4. The summed E-state index contributed by atoms with van der Waals surface area (Å²) in [5.74, 6) is 0.137. The van der Waals surface area contributed by atoms with Crippen LogP contribution in [0.15, 0.2) is 18.2 Å². The number of hydrogen-bond donors (Lipinski definition) is 1. The highest BCUT2D eigenvalue weighted by Crippen LogP contribution is 2.21. The van der Waals surface area contributed by atoms with Gasteiger partial charge in [0.25, 0.3) is 5.91 Å². The van der Waals surface area contributed by atoms with Gasteiger partial charge in [0.15, 0.2) is 0 Å². The number of carbonyl (C=O) groups excluding carboxylic acids is 1. The summed E-state index contributed by atoms with van der Waals surface area (Å²) in [6, 6.07) is 6.29. The van der Waals surface area contributed by atoms with Crippen molar-refractivity contribution in [2.75, 3.05) is 19.6 Å². The number of hydrogen-bond acceptors (Lipinski definition) is 3. The van der Waals surface area contributed by atoms with Gasteiger partial charge in [0.1, 0.15) is 0 Å². The van der Waals surface area contributed by atoms with E-state index in [-0.39, 0.29) is 18.3 Å². The van der Waals surface area contributed by atoms with Crippen molar-refractivity contribution < 1.29 is 9.53 Å². The maximum Gasteiger partial charge on any atom is 0.253 e. The van der Waals surface area contributed by atoms with Crippen LogP contribution < -0.4 is 5.32 Å². The first-order valence-corrected chi connectivity index (χ1v) is 6.46. The third kappa shape index (κ3) is 2.91. The number of fused-ring (bicyclic) bond motifs is 1. The number of nitrogens with one attached hydrogen (secondary N) is 1. The van der Waals surface area contributed by atoms with Crippen molar-refractivity contribution in [1.29, 1.82) is 0 Å². The van der Waals surface area contributed by atoms with Crippen LogP contribution in [0, 0.1) is 0 Å². The Bertz CT molecular complexity index is 479. The molecule has 0 radical (unpaired) electrons. The Balaban J connectivity index is 0.00000133. The van der Waals surface area contributed by atoms with E-state index in [4.69, 9.17) is 4.74 Å². The molecule has 1 fully saturated rings. The van der Waals surface area contributed by atoms with Crippen LogP contribution in [0.2, 0.25) is 0 Å². The van der Waals surface area contributed by atoms with E-state index in [0.717, 1.165) is 30.8 Å². The molecule has 1 aromatic rings. The second kappa shape index (κ2) is 5.90. The van der Waals surface area contributed by atoms with Gasteiger partial charge in [-0.05, 0) is 30.2 Å². The number of carbonyl (C=O) groups is 1. The van der Waals surface area contributed by atoms with Crippen LogP contribution in [0.3, 0.4) is 0 Å². The molecule has 0 bridgehead atoms. The molecule has 3 rings (SSSR count). The topological polar surface area (TPSA) is 41.6 Å². The molecule has 2 aliphatic rings. The van der Waals surface area contributed by atoms with E-state index in [9.17, 15) is 4.79 Å². The fraction of sp³-hybridized carbons (Fsp3) is 0.500. The first kappa shape index (κ1) is 14.3. The van der Waals surface area contributed by atoms with Crippen molar-refractivity contribution in [1.82, 2.24) is 10.2 Å². The van der Waals surface area contributed by atoms with Crippen molar-refractivity contribution in [3.8, 4) is 0 Å². The van der Waals surface area contributed by atoms with E-state index in [1.807, 2.05) is 23.1 Å². The van der Waals surface area contributed by atoms with E-state index < -0.39 is 0 Å². The number of nitrogens with zero attached hydrogens (tertiary/aromatic N) is 1. The minimum absolute atomic E-state index is 0. The fourth-order valence-corrected chi connectivity index (χ4v) is 2.60. The van der Waals surface area contributed by atoms with E-state index in [2.05, 4.69) is 12.2 Å². The Hall–Kier alpha value is -1.10. The molecule has 1 saturated heterocycles. The average molecular weight is 283 g/mol. The van der Waals surface area contributed by atoms with E-state index in [0.29, 0.717) is 19.3 Å². The van der Waals surface area contributed by atoms with Gasteiger partial charge in [0, 0.05) is 31.2 Å². The van der Waals surface area contributed by atoms with Gasteiger partial charge in [-0.1, -0.05) is 6.07 Å². The first-order chi connectivity index (χ1) is 8.74. The van der Waals surface area contributed by atoms with Crippen molar-refractivity contribution in [2.45, 2.75) is 26.2 Å². The molecule has 0 saturated carbocycles. The number of amides is 1. The standard InChI is InChI=1S/C14H18N2O2.ClH/c1-10-7-16(5-4-15-10)14(17)11-2-3-12-8-18-9-13(12)6-11;/h2-3,6,10,15H,4-5,7-9H2,1H3;1H/t10-;/m0./s1. The van der Waals surface area contributed by atoms with Gasteiger partial charge in [-0.15, -0.1) is 12.4 Å². The molecule has 2 aliphatic heterocycles. The lowest BCUT2D eigenvalue weighted by Crippen LogP contribution is -2.51. The molecule has 4 nitrogen and oxygen atoms in total. The third-order valence-corrected chi connectivity index (χ3v) is 3.62. The smallest absolute Gasteiger partial charge is 0.253 e. The van der Waals surface area contributed by atoms with Gasteiger partial charge in [0.05, 0.1) is 13.2 Å². The zero-order valence-electron chi connectivity index (χ0n) is 11.0. The van der Waals surface area contributed by atoms with Gasteiger partial charge in [0.2, 0.25) is 0 Å². The summed E-state index contributed by atoms with van der Waals surface area (Å²) >= 11 is 0. The molecule has 0 unspecified atom stereocenters. The lowest BCUT2D eigenvalue weighted by molar-refractivity contribution is 0.0709. The molecule has 0 aromatic heterocycles. The molecule has 19 heavy (non-hydrogen) atoms. The molecular weight excluding hydrogens is 264 g/mol. The Morgan fingerprint density at radius 2 is 2.16 bits per heavy atom. The van der Waals surface area contributed by atoms with Crippen LogP contribution in [0.1, 0.15) is 28.4 Å². The summed E-state index contributed by atoms with van der Waals surface area (Å²) in [5.41, 5.74) is 3.15. The van der Waals surface area contributed by atoms with Crippen LogP contribution in [-0.4, -0.2) is 36.5 Å². The highest BCUT2D eigenvalue weighted by Gasteiger charge is 2.22. The largest absolute Gasteiger partial charge is 0.372 e. The maximum absolute atomic E-state index is 12.4. The lowest BCUT2D eigenvalue weighted by Gasteiger charge is -2.32. The predicted octanol–water partition coefficient (Wildman–Crippen LogP) is 1.57. The Kier molecular flexibility index (Phi) is 4.45. The van der Waals surface area contributed by atoms with Crippen molar-refractivity contribution in [2.24, 2.45) is 0 Å². The molecule has 1 atom stereocenters. The molecule has 1 amide bonds. The molecule has 0 aliphatic carbocycles. The first-order valence-electron chi connectivity index (χ1n) is 6.46. The minimum atomic E-state index is 0. The summed E-state index contributed by atoms with van der Waals surface area (Å²) in [6.45, 7) is 5.86. The van der Waals surface area contributed by atoms with Gasteiger partial charge >= 0.3 is 0 Å². The molecular formula is C14H19ClN2O2. The fourth-order valence-electron chi connectivity index (χ4n) is 2.60. The normalized spacial score (nSPS) is 21.7. The third-order valence-electron chi connectivity index (χ3n) is 3.62. The van der Waals surface area contributed by atoms with E-state index in [1.54, 1.807) is 0 Å².